The first-order valence-electron chi connectivity index (χ1n) is 6.11. The van der Waals surface area contributed by atoms with Crippen LogP contribution in [0.4, 0.5) is 0 Å². The minimum absolute atomic E-state index is 0.0946. The highest BCUT2D eigenvalue weighted by Crippen LogP contribution is 2.39. The van der Waals surface area contributed by atoms with Gasteiger partial charge in [0.1, 0.15) is 5.69 Å². The molecule has 1 heterocycles. The molecule has 0 spiro atoms. The van der Waals surface area contributed by atoms with Crippen LogP contribution in [-0.4, -0.2) is 28.4 Å². The maximum Gasteiger partial charge on any atom is 0.271 e. The summed E-state index contributed by atoms with van der Waals surface area (Å²) < 4.78 is 0.976. The summed E-state index contributed by atoms with van der Waals surface area (Å²) in [6, 6.07) is 3.64. The van der Waals surface area contributed by atoms with Crippen molar-refractivity contribution in [2.45, 2.75) is 30.4 Å². The highest BCUT2D eigenvalue weighted by atomic mass is 79.9. The molecule has 1 aromatic heterocycles. The molecule has 98 valence electrons. The number of hydrogen-bond acceptors (Lipinski definition) is 3. The SMILES string of the molecule is CSC1(CNC(=O)c2ncccc2Br)CCCC1. The van der Waals surface area contributed by atoms with Crippen LogP contribution in [0.3, 0.4) is 0 Å². The van der Waals surface area contributed by atoms with Crippen molar-refractivity contribution in [2.24, 2.45) is 0 Å². The van der Waals surface area contributed by atoms with Gasteiger partial charge in [-0.1, -0.05) is 12.8 Å². The zero-order valence-electron chi connectivity index (χ0n) is 10.4. The van der Waals surface area contributed by atoms with E-state index in [2.05, 4.69) is 32.5 Å². The number of rotatable bonds is 4. The minimum Gasteiger partial charge on any atom is -0.349 e. The minimum atomic E-state index is -0.0946. The van der Waals surface area contributed by atoms with Crippen molar-refractivity contribution >= 4 is 33.6 Å². The molecule has 18 heavy (non-hydrogen) atoms. The van der Waals surface area contributed by atoms with Crippen molar-refractivity contribution in [2.75, 3.05) is 12.8 Å². The Bertz CT molecular complexity index is 433. The number of carbonyl (C=O) groups is 1. The average Bonchev–Trinajstić information content (AvgIpc) is 2.86. The number of nitrogens with one attached hydrogen (secondary N) is 1. The van der Waals surface area contributed by atoms with Crippen molar-refractivity contribution in [3.63, 3.8) is 0 Å². The number of amides is 1. The molecule has 1 aliphatic rings. The molecule has 0 aliphatic heterocycles. The zero-order valence-corrected chi connectivity index (χ0v) is 12.8. The molecule has 0 aromatic carbocycles. The van der Waals surface area contributed by atoms with Gasteiger partial charge >= 0.3 is 0 Å². The number of hydrogen-bond donors (Lipinski definition) is 1. The zero-order chi connectivity index (χ0) is 13.0. The summed E-state index contributed by atoms with van der Waals surface area (Å²) in [5.41, 5.74) is 0.465. The molecule has 5 heteroatoms. The van der Waals surface area contributed by atoms with E-state index < -0.39 is 0 Å². The van der Waals surface area contributed by atoms with Crippen molar-refractivity contribution in [3.8, 4) is 0 Å². The van der Waals surface area contributed by atoms with Gasteiger partial charge < -0.3 is 5.32 Å². The van der Waals surface area contributed by atoms with E-state index >= 15 is 0 Å². The maximum absolute atomic E-state index is 12.1. The molecule has 1 aromatic rings. The molecule has 1 N–H and O–H groups in total. The van der Waals surface area contributed by atoms with Crippen molar-refractivity contribution in [1.82, 2.24) is 10.3 Å². The molecule has 1 amide bonds. The van der Waals surface area contributed by atoms with Gasteiger partial charge in [0.05, 0.1) is 0 Å². The van der Waals surface area contributed by atoms with Crippen LogP contribution in [-0.2, 0) is 0 Å². The first-order valence-corrected chi connectivity index (χ1v) is 8.12. The quantitative estimate of drug-likeness (QED) is 0.922. The Morgan fingerprint density at radius 2 is 2.28 bits per heavy atom. The molecular weight excluding hydrogens is 312 g/mol. The topological polar surface area (TPSA) is 42.0 Å². The first kappa shape index (κ1) is 13.9. The summed E-state index contributed by atoms with van der Waals surface area (Å²) in [4.78, 5) is 16.2. The van der Waals surface area contributed by atoms with Gasteiger partial charge in [-0.2, -0.15) is 11.8 Å². The fourth-order valence-corrected chi connectivity index (χ4v) is 3.70. The Kier molecular flexibility index (Phi) is 4.67. The van der Waals surface area contributed by atoms with Crippen LogP contribution in [0.1, 0.15) is 36.2 Å². The smallest absolute Gasteiger partial charge is 0.271 e. The van der Waals surface area contributed by atoms with Gasteiger partial charge in [-0.15, -0.1) is 0 Å². The molecule has 0 saturated heterocycles. The Balaban J connectivity index is 1.98. The molecule has 1 aliphatic carbocycles. The van der Waals surface area contributed by atoms with Crippen LogP contribution in [0.15, 0.2) is 22.8 Å². The van der Waals surface area contributed by atoms with E-state index in [0.29, 0.717) is 5.69 Å². The van der Waals surface area contributed by atoms with Gasteiger partial charge in [0, 0.05) is 22.0 Å². The lowest BCUT2D eigenvalue weighted by Crippen LogP contribution is -2.38. The molecule has 3 nitrogen and oxygen atoms in total. The lowest BCUT2D eigenvalue weighted by molar-refractivity contribution is 0.0944. The number of carbonyl (C=O) groups excluding carboxylic acids is 1. The second kappa shape index (κ2) is 6.06. The molecule has 0 atom stereocenters. The van der Waals surface area contributed by atoms with Gasteiger partial charge in [-0.3, -0.25) is 4.79 Å². The summed E-state index contributed by atoms with van der Waals surface area (Å²) in [6.45, 7) is 0.732. The molecule has 0 unspecified atom stereocenters. The van der Waals surface area contributed by atoms with Gasteiger partial charge in [-0.25, -0.2) is 4.98 Å². The highest BCUT2D eigenvalue weighted by Gasteiger charge is 2.33. The van der Waals surface area contributed by atoms with Gasteiger partial charge in [0.15, 0.2) is 0 Å². The van der Waals surface area contributed by atoms with Crippen LogP contribution >= 0.6 is 27.7 Å². The summed E-state index contributed by atoms with van der Waals surface area (Å²) in [6.07, 6.45) is 8.69. The lowest BCUT2D eigenvalue weighted by atomic mass is 10.1. The van der Waals surface area contributed by atoms with Crippen LogP contribution in [0, 0.1) is 0 Å². The van der Waals surface area contributed by atoms with Crippen LogP contribution in [0.2, 0.25) is 0 Å². The predicted octanol–water partition coefficient (Wildman–Crippen LogP) is 3.25. The van der Waals surface area contributed by atoms with E-state index in [1.807, 2.05) is 17.8 Å². The van der Waals surface area contributed by atoms with Gasteiger partial charge in [0.25, 0.3) is 5.91 Å². The number of aromatic nitrogens is 1. The summed E-state index contributed by atoms with van der Waals surface area (Å²) in [7, 11) is 0. The summed E-state index contributed by atoms with van der Waals surface area (Å²) >= 11 is 5.23. The Morgan fingerprint density at radius 1 is 1.56 bits per heavy atom. The second-order valence-corrected chi connectivity index (χ2v) is 6.74. The van der Waals surface area contributed by atoms with Crippen molar-refractivity contribution in [1.29, 1.82) is 0 Å². The number of halogens is 1. The molecule has 0 bridgehead atoms. The molecule has 2 rings (SSSR count). The Morgan fingerprint density at radius 3 is 2.89 bits per heavy atom. The van der Waals surface area contributed by atoms with E-state index in [9.17, 15) is 4.79 Å². The van der Waals surface area contributed by atoms with E-state index in [0.717, 1.165) is 11.0 Å². The monoisotopic (exact) mass is 328 g/mol. The molecule has 1 saturated carbocycles. The van der Waals surface area contributed by atoms with Crippen molar-refractivity contribution in [3.05, 3.63) is 28.5 Å². The fraction of sp³-hybridized carbons (Fsp3) is 0.538. The molecule has 0 radical (unpaired) electrons. The maximum atomic E-state index is 12.1. The Labute approximate surface area is 120 Å². The normalized spacial score (nSPS) is 17.7. The first-order chi connectivity index (χ1) is 8.67. The van der Waals surface area contributed by atoms with Gasteiger partial charge in [-0.05, 0) is 47.2 Å². The van der Waals surface area contributed by atoms with Crippen LogP contribution < -0.4 is 5.32 Å². The van der Waals surface area contributed by atoms with Crippen LogP contribution in [0.5, 0.6) is 0 Å². The van der Waals surface area contributed by atoms with E-state index in [1.54, 1.807) is 12.3 Å². The summed E-state index contributed by atoms with van der Waals surface area (Å²) in [5.74, 6) is -0.0946. The van der Waals surface area contributed by atoms with E-state index in [-0.39, 0.29) is 10.7 Å². The second-order valence-electron chi connectivity index (χ2n) is 4.61. The average molecular weight is 329 g/mol. The number of nitrogens with zero attached hydrogens (tertiary/aromatic N) is 1. The van der Waals surface area contributed by atoms with Crippen molar-refractivity contribution < 1.29 is 4.79 Å². The standard InChI is InChI=1S/C13H17BrN2OS/c1-18-13(6-2-3-7-13)9-16-12(17)11-10(14)5-4-8-15-11/h4-5,8H,2-3,6-7,9H2,1H3,(H,16,17). The lowest BCUT2D eigenvalue weighted by Gasteiger charge is -2.26. The number of thioether (sulfide) groups is 1. The fourth-order valence-electron chi connectivity index (χ4n) is 2.35. The number of pyridine rings is 1. The van der Waals surface area contributed by atoms with E-state index in [1.165, 1.54) is 25.7 Å². The highest BCUT2D eigenvalue weighted by molar-refractivity contribution is 9.10. The molecule has 1 fully saturated rings. The molecular formula is C13H17BrN2OS. The van der Waals surface area contributed by atoms with Crippen LogP contribution in [0.25, 0.3) is 0 Å². The van der Waals surface area contributed by atoms with E-state index in [4.69, 9.17) is 0 Å². The summed E-state index contributed by atoms with van der Waals surface area (Å²) in [5, 5.41) is 3.02. The largest absolute Gasteiger partial charge is 0.349 e. The van der Waals surface area contributed by atoms with Gasteiger partial charge in [0.2, 0.25) is 0 Å². The third-order valence-electron chi connectivity index (χ3n) is 3.49. The Hall–Kier alpha value is -0.550. The predicted molar refractivity (Wildman–Crippen MR) is 79.0 cm³/mol. The third kappa shape index (κ3) is 3.06. The third-order valence-corrected chi connectivity index (χ3v) is 5.55.